The Hall–Kier alpha value is -1.46. The van der Waals surface area contributed by atoms with Gasteiger partial charge in [-0.25, -0.2) is 9.59 Å². The molecule has 0 bridgehead atoms. The summed E-state index contributed by atoms with van der Waals surface area (Å²) in [7, 11) is 1.58. The van der Waals surface area contributed by atoms with Crippen molar-refractivity contribution in [2.24, 2.45) is 0 Å². The van der Waals surface area contributed by atoms with Crippen LogP contribution in [0.2, 0.25) is 0 Å². The molecule has 114 valence electrons. The smallest absolute Gasteiger partial charge is 0.341 e. The maximum absolute atomic E-state index is 11.6. The molecule has 0 atom stereocenters. The molecule has 0 aromatic carbocycles. The molecule has 0 aromatic rings. The largest absolute Gasteiger partial charge is 0.386 e. The molecule has 0 aliphatic rings. The molecule has 20 heavy (non-hydrogen) atoms. The van der Waals surface area contributed by atoms with Crippen molar-refractivity contribution < 1.29 is 23.8 Å². The summed E-state index contributed by atoms with van der Waals surface area (Å²) in [4.78, 5) is 23.3. The first kappa shape index (κ1) is 18.5. The molecule has 0 aromatic heterocycles. The first-order valence-electron chi connectivity index (χ1n) is 6.69. The van der Waals surface area contributed by atoms with E-state index in [0.29, 0.717) is 43.8 Å². The fourth-order valence-electron chi connectivity index (χ4n) is 1.31. The third-order valence-corrected chi connectivity index (χ3v) is 2.52. The van der Waals surface area contributed by atoms with Crippen molar-refractivity contribution in [3.8, 4) is 0 Å². The zero-order valence-electron chi connectivity index (χ0n) is 12.7. The Morgan fingerprint density at radius 1 is 0.950 bits per heavy atom. The number of esters is 2. The highest BCUT2D eigenvalue weighted by Gasteiger charge is 2.13. The summed E-state index contributed by atoms with van der Waals surface area (Å²) >= 11 is 0. The van der Waals surface area contributed by atoms with Crippen molar-refractivity contribution in [1.82, 2.24) is 0 Å². The molecule has 0 heterocycles. The van der Waals surface area contributed by atoms with Crippen LogP contribution >= 0.6 is 0 Å². The zero-order chi connectivity index (χ0) is 15.4. The Balaban J connectivity index is 4.23. The molecule has 0 unspecified atom stereocenters. The summed E-state index contributed by atoms with van der Waals surface area (Å²) in [5.41, 5.74) is 0.806. The van der Waals surface area contributed by atoms with Crippen molar-refractivity contribution in [3.63, 3.8) is 0 Å². The lowest BCUT2D eigenvalue weighted by Gasteiger charge is -2.04. The lowest BCUT2D eigenvalue weighted by molar-refractivity contribution is -0.153. The molecule has 0 N–H and O–H groups in total. The quantitative estimate of drug-likeness (QED) is 0.281. The van der Waals surface area contributed by atoms with E-state index in [1.807, 2.05) is 6.92 Å². The minimum absolute atomic E-state index is 0.400. The van der Waals surface area contributed by atoms with Gasteiger partial charge in [-0.05, 0) is 33.6 Å². The standard InChI is InChI=1S/C15H24O5/c1-5-19-11-7-9-13(3)15(17)20-14(16)12(2)8-6-10-18-4/h8-9H,5-7,10-11H2,1-4H3. The maximum Gasteiger partial charge on any atom is 0.341 e. The van der Waals surface area contributed by atoms with E-state index in [-0.39, 0.29) is 0 Å². The number of rotatable bonds is 9. The Morgan fingerprint density at radius 3 is 1.90 bits per heavy atom. The average Bonchev–Trinajstić information content (AvgIpc) is 2.43. The molecule has 0 radical (unpaired) electrons. The van der Waals surface area contributed by atoms with Crippen LogP contribution in [0, 0.1) is 0 Å². The van der Waals surface area contributed by atoms with Gasteiger partial charge in [0.15, 0.2) is 0 Å². The molecular weight excluding hydrogens is 260 g/mol. The first-order chi connectivity index (χ1) is 9.52. The number of carbonyl (C=O) groups is 2. The van der Waals surface area contributed by atoms with E-state index in [9.17, 15) is 9.59 Å². The highest BCUT2D eigenvalue weighted by molar-refractivity contribution is 6.01. The summed E-state index contributed by atoms with van der Waals surface area (Å²) in [6, 6.07) is 0. The third kappa shape index (κ3) is 8.61. The van der Waals surface area contributed by atoms with Gasteiger partial charge >= 0.3 is 11.9 Å². The van der Waals surface area contributed by atoms with Gasteiger partial charge in [0.25, 0.3) is 0 Å². The molecule has 0 saturated carbocycles. The van der Waals surface area contributed by atoms with E-state index in [2.05, 4.69) is 0 Å². The van der Waals surface area contributed by atoms with Gasteiger partial charge in [0.2, 0.25) is 0 Å². The van der Waals surface area contributed by atoms with E-state index in [1.165, 1.54) is 0 Å². The second-order valence-electron chi connectivity index (χ2n) is 4.22. The van der Waals surface area contributed by atoms with E-state index >= 15 is 0 Å². The van der Waals surface area contributed by atoms with Gasteiger partial charge in [0, 0.05) is 31.5 Å². The van der Waals surface area contributed by atoms with E-state index in [1.54, 1.807) is 33.1 Å². The van der Waals surface area contributed by atoms with Gasteiger partial charge in [-0.3, -0.25) is 0 Å². The Labute approximate surface area is 120 Å². The number of ether oxygens (including phenoxy) is 3. The minimum Gasteiger partial charge on any atom is -0.386 e. The summed E-state index contributed by atoms with van der Waals surface area (Å²) in [5, 5.41) is 0. The van der Waals surface area contributed by atoms with Crippen LogP contribution in [-0.2, 0) is 23.8 Å². The van der Waals surface area contributed by atoms with Gasteiger partial charge in [-0.2, -0.15) is 0 Å². The number of hydrogen-bond donors (Lipinski definition) is 0. The van der Waals surface area contributed by atoms with Crippen LogP contribution in [0.3, 0.4) is 0 Å². The molecule has 0 fully saturated rings. The Morgan fingerprint density at radius 2 is 1.45 bits per heavy atom. The van der Waals surface area contributed by atoms with Crippen LogP contribution in [0.4, 0.5) is 0 Å². The predicted octanol–water partition coefficient (Wildman–Crippen LogP) is 2.41. The molecule has 0 spiro atoms. The van der Waals surface area contributed by atoms with Gasteiger partial charge in [0.1, 0.15) is 0 Å². The molecular formula is C15H24O5. The SMILES string of the molecule is CCOCCC=C(C)C(=O)OC(=O)C(C)=CCCOC. The lowest BCUT2D eigenvalue weighted by Crippen LogP contribution is -2.14. The zero-order valence-corrected chi connectivity index (χ0v) is 12.7. The van der Waals surface area contributed by atoms with E-state index < -0.39 is 11.9 Å². The molecule has 0 saturated heterocycles. The van der Waals surface area contributed by atoms with Crippen LogP contribution in [0.25, 0.3) is 0 Å². The normalized spacial score (nSPS) is 12.4. The minimum atomic E-state index is -0.622. The molecule has 0 aliphatic carbocycles. The predicted molar refractivity (Wildman–Crippen MR) is 76.2 cm³/mol. The highest BCUT2D eigenvalue weighted by atomic mass is 16.6. The van der Waals surface area contributed by atoms with Crippen LogP contribution in [0.5, 0.6) is 0 Å². The lowest BCUT2D eigenvalue weighted by atomic mass is 10.2. The second kappa shape index (κ2) is 11.4. The van der Waals surface area contributed by atoms with Gasteiger partial charge < -0.3 is 14.2 Å². The van der Waals surface area contributed by atoms with Gasteiger partial charge in [0.05, 0.1) is 6.61 Å². The summed E-state index contributed by atoms with van der Waals surface area (Å²) in [5.74, 6) is -1.24. The van der Waals surface area contributed by atoms with Crippen LogP contribution in [0.15, 0.2) is 23.3 Å². The van der Waals surface area contributed by atoms with Gasteiger partial charge in [-0.15, -0.1) is 0 Å². The van der Waals surface area contributed by atoms with Crippen LogP contribution < -0.4 is 0 Å². The second-order valence-corrected chi connectivity index (χ2v) is 4.22. The fourth-order valence-corrected chi connectivity index (χ4v) is 1.31. The Kier molecular flexibility index (Phi) is 10.5. The number of carbonyl (C=O) groups excluding carboxylic acids is 2. The molecule has 0 amide bonds. The maximum atomic E-state index is 11.6. The van der Waals surface area contributed by atoms with E-state index in [0.717, 1.165) is 0 Å². The third-order valence-electron chi connectivity index (χ3n) is 2.52. The molecule has 0 aliphatic heterocycles. The molecule has 5 nitrogen and oxygen atoms in total. The number of methoxy groups -OCH3 is 1. The van der Waals surface area contributed by atoms with Crippen LogP contribution in [-0.4, -0.2) is 38.9 Å². The van der Waals surface area contributed by atoms with Crippen molar-refractivity contribution in [3.05, 3.63) is 23.3 Å². The average molecular weight is 284 g/mol. The monoisotopic (exact) mass is 284 g/mol. The first-order valence-corrected chi connectivity index (χ1v) is 6.69. The highest BCUT2D eigenvalue weighted by Crippen LogP contribution is 2.04. The number of hydrogen-bond acceptors (Lipinski definition) is 5. The molecule has 0 rings (SSSR count). The Bertz CT molecular complexity index is 368. The summed E-state index contributed by atoms with van der Waals surface area (Å²) in [6.07, 6.45) is 4.61. The van der Waals surface area contributed by atoms with Crippen molar-refractivity contribution in [2.75, 3.05) is 26.9 Å². The summed E-state index contributed by atoms with van der Waals surface area (Å²) < 4.78 is 14.8. The molecule has 5 heteroatoms. The van der Waals surface area contributed by atoms with Crippen molar-refractivity contribution >= 4 is 11.9 Å². The van der Waals surface area contributed by atoms with Gasteiger partial charge in [-0.1, -0.05) is 12.2 Å². The van der Waals surface area contributed by atoms with E-state index in [4.69, 9.17) is 14.2 Å². The summed E-state index contributed by atoms with van der Waals surface area (Å²) in [6.45, 7) is 6.84. The topological polar surface area (TPSA) is 61.8 Å². The fraction of sp³-hybridized carbons (Fsp3) is 0.600. The van der Waals surface area contributed by atoms with Crippen LogP contribution in [0.1, 0.15) is 33.6 Å². The van der Waals surface area contributed by atoms with Crippen molar-refractivity contribution in [1.29, 1.82) is 0 Å². The van der Waals surface area contributed by atoms with Crippen molar-refractivity contribution in [2.45, 2.75) is 33.6 Å².